The van der Waals surface area contributed by atoms with E-state index in [2.05, 4.69) is 10.2 Å². The van der Waals surface area contributed by atoms with Crippen molar-refractivity contribution in [1.29, 1.82) is 0 Å². The van der Waals surface area contributed by atoms with Crippen molar-refractivity contribution >= 4 is 17.6 Å². The van der Waals surface area contributed by atoms with Crippen LogP contribution in [0.15, 0.2) is 59.0 Å². The van der Waals surface area contributed by atoms with Gasteiger partial charge in [0.25, 0.3) is 5.89 Å². The summed E-state index contributed by atoms with van der Waals surface area (Å²) in [5, 5.41) is 7.89. The fraction of sp³-hybridized carbons (Fsp3) is 0.273. The molecule has 1 saturated heterocycles. The van der Waals surface area contributed by atoms with Gasteiger partial charge < -0.3 is 14.1 Å². The van der Waals surface area contributed by atoms with Crippen molar-refractivity contribution in [2.75, 3.05) is 11.4 Å². The molecule has 7 heteroatoms. The SMILES string of the molecule is CCc1ccccc1N1CC(C(=O)OCc2nnc(-c3ccccc3)o2)CC1=O. The molecule has 29 heavy (non-hydrogen) atoms. The first kappa shape index (κ1) is 18.9. The number of benzene rings is 2. The number of carbonyl (C=O) groups excluding carboxylic acids is 2. The van der Waals surface area contributed by atoms with Crippen molar-refractivity contribution in [3.63, 3.8) is 0 Å². The van der Waals surface area contributed by atoms with Crippen LogP contribution in [0.25, 0.3) is 11.5 Å². The van der Waals surface area contributed by atoms with E-state index in [0.717, 1.165) is 23.2 Å². The molecule has 2 aromatic carbocycles. The number of nitrogens with zero attached hydrogens (tertiary/aromatic N) is 3. The van der Waals surface area contributed by atoms with Crippen LogP contribution in [-0.4, -0.2) is 28.6 Å². The normalized spacial score (nSPS) is 16.2. The smallest absolute Gasteiger partial charge is 0.311 e. The Labute approximate surface area is 168 Å². The second-order valence-electron chi connectivity index (χ2n) is 6.86. The third-order valence-corrected chi connectivity index (χ3v) is 4.95. The van der Waals surface area contributed by atoms with Crippen LogP contribution in [0.2, 0.25) is 0 Å². The number of aromatic nitrogens is 2. The Kier molecular flexibility index (Phi) is 5.37. The van der Waals surface area contributed by atoms with Crippen LogP contribution in [-0.2, 0) is 27.4 Å². The first-order valence-corrected chi connectivity index (χ1v) is 9.58. The minimum atomic E-state index is -0.510. The molecule has 3 aromatic rings. The van der Waals surface area contributed by atoms with Gasteiger partial charge in [-0.25, -0.2) is 0 Å². The molecule has 0 N–H and O–H groups in total. The summed E-state index contributed by atoms with van der Waals surface area (Å²) < 4.78 is 10.9. The Morgan fingerprint density at radius 1 is 1.14 bits per heavy atom. The molecule has 1 aromatic heterocycles. The highest BCUT2D eigenvalue weighted by Gasteiger charge is 2.37. The van der Waals surface area contributed by atoms with E-state index in [4.69, 9.17) is 9.15 Å². The number of ether oxygens (including phenoxy) is 1. The Bertz CT molecular complexity index is 1020. The van der Waals surface area contributed by atoms with Gasteiger partial charge >= 0.3 is 5.97 Å². The maximum atomic E-state index is 12.5. The second kappa shape index (κ2) is 8.26. The van der Waals surface area contributed by atoms with Crippen molar-refractivity contribution in [2.45, 2.75) is 26.4 Å². The molecule has 1 aliphatic heterocycles. The second-order valence-corrected chi connectivity index (χ2v) is 6.86. The molecule has 0 saturated carbocycles. The van der Waals surface area contributed by atoms with Crippen molar-refractivity contribution in [3.8, 4) is 11.5 Å². The topological polar surface area (TPSA) is 85.5 Å². The van der Waals surface area contributed by atoms with Gasteiger partial charge in [0.2, 0.25) is 11.8 Å². The molecule has 0 aliphatic carbocycles. The molecule has 7 nitrogen and oxygen atoms in total. The summed E-state index contributed by atoms with van der Waals surface area (Å²) >= 11 is 0. The van der Waals surface area contributed by atoms with Crippen LogP contribution < -0.4 is 4.90 Å². The van der Waals surface area contributed by atoms with Crippen LogP contribution in [0.1, 0.15) is 24.8 Å². The average Bonchev–Trinajstić information content (AvgIpc) is 3.39. The number of hydrogen-bond donors (Lipinski definition) is 0. The maximum absolute atomic E-state index is 12.5. The van der Waals surface area contributed by atoms with Crippen molar-refractivity contribution in [1.82, 2.24) is 10.2 Å². The van der Waals surface area contributed by atoms with Crippen molar-refractivity contribution in [2.24, 2.45) is 5.92 Å². The van der Waals surface area contributed by atoms with E-state index in [1.54, 1.807) is 4.90 Å². The minimum Gasteiger partial charge on any atom is -0.455 e. The van der Waals surface area contributed by atoms with Gasteiger partial charge in [-0.05, 0) is 30.2 Å². The van der Waals surface area contributed by atoms with Crippen LogP contribution in [0, 0.1) is 5.92 Å². The van der Waals surface area contributed by atoms with Crippen molar-refractivity contribution in [3.05, 3.63) is 66.1 Å². The highest BCUT2D eigenvalue weighted by Crippen LogP contribution is 2.29. The largest absolute Gasteiger partial charge is 0.455 e. The number of carbonyl (C=O) groups is 2. The molecule has 1 aliphatic rings. The van der Waals surface area contributed by atoms with E-state index >= 15 is 0 Å². The molecule has 1 unspecified atom stereocenters. The summed E-state index contributed by atoms with van der Waals surface area (Å²) in [5.41, 5.74) is 2.73. The third-order valence-electron chi connectivity index (χ3n) is 4.95. The van der Waals surface area contributed by atoms with Crippen LogP contribution in [0.3, 0.4) is 0 Å². The average molecular weight is 391 g/mol. The summed E-state index contributed by atoms with van der Waals surface area (Å²) in [5.74, 6) is -0.431. The number of para-hydroxylation sites is 1. The predicted molar refractivity (Wildman–Crippen MR) is 106 cm³/mol. The van der Waals surface area contributed by atoms with Crippen LogP contribution in [0.4, 0.5) is 5.69 Å². The molecule has 1 atom stereocenters. The predicted octanol–water partition coefficient (Wildman–Crippen LogP) is 3.40. The maximum Gasteiger partial charge on any atom is 0.311 e. The Balaban J connectivity index is 1.37. The van der Waals surface area contributed by atoms with E-state index in [0.29, 0.717) is 12.4 Å². The summed E-state index contributed by atoms with van der Waals surface area (Å²) in [6.45, 7) is 2.24. The van der Waals surface area contributed by atoms with Gasteiger partial charge in [0, 0.05) is 24.2 Å². The highest BCUT2D eigenvalue weighted by molar-refractivity contribution is 6.00. The van der Waals surface area contributed by atoms with Gasteiger partial charge in [-0.1, -0.05) is 43.3 Å². The summed E-state index contributed by atoms with van der Waals surface area (Å²) in [6.07, 6.45) is 0.950. The van der Waals surface area contributed by atoms with Crippen LogP contribution >= 0.6 is 0 Å². The molecular weight excluding hydrogens is 370 g/mol. The van der Waals surface area contributed by atoms with Gasteiger partial charge in [0.1, 0.15) is 0 Å². The molecule has 0 radical (unpaired) electrons. The zero-order valence-corrected chi connectivity index (χ0v) is 16.1. The molecule has 2 heterocycles. The fourth-order valence-corrected chi connectivity index (χ4v) is 3.43. The monoisotopic (exact) mass is 391 g/mol. The summed E-state index contributed by atoms with van der Waals surface area (Å²) in [4.78, 5) is 26.6. The number of hydrogen-bond acceptors (Lipinski definition) is 6. The number of rotatable bonds is 6. The molecule has 4 rings (SSSR count). The standard InChI is InChI=1S/C22H21N3O4/c1-2-15-8-6-7-11-18(15)25-13-17(12-20(25)26)22(27)28-14-19-23-24-21(29-19)16-9-4-3-5-10-16/h3-11,17H,2,12-14H2,1H3. The lowest BCUT2D eigenvalue weighted by atomic mass is 10.1. The minimum absolute atomic E-state index is 0.0722. The number of aryl methyl sites for hydroxylation is 1. The van der Waals surface area contributed by atoms with Gasteiger partial charge in [-0.2, -0.15) is 0 Å². The lowest BCUT2D eigenvalue weighted by molar-refractivity contribution is -0.150. The first-order chi connectivity index (χ1) is 14.2. The molecular formula is C22H21N3O4. The third kappa shape index (κ3) is 4.03. The fourth-order valence-electron chi connectivity index (χ4n) is 3.43. The van der Waals surface area contributed by atoms with Gasteiger partial charge in [-0.15, -0.1) is 10.2 Å². The number of esters is 1. The zero-order chi connectivity index (χ0) is 20.2. The Hall–Kier alpha value is -3.48. The lowest BCUT2D eigenvalue weighted by Crippen LogP contribution is -2.27. The molecule has 0 bridgehead atoms. The van der Waals surface area contributed by atoms with Crippen LogP contribution in [0.5, 0.6) is 0 Å². The van der Waals surface area contributed by atoms with E-state index in [-0.39, 0.29) is 24.8 Å². The van der Waals surface area contributed by atoms with Gasteiger partial charge in [0.15, 0.2) is 6.61 Å². The van der Waals surface area contributed by atoms with Gasteiger partial charge in [-0.3, -0.25) is 9.59 Å². The highest BCUT2D eigenvalue weighted by atomic mass is 16.5. The zero-order valence-electron chi connectivity index (χ0n) is 16.1. The van der Waals surface area contributed by atoms with E-state index in [9.17, 15) is 9.59 Å². The Morgan fingerprint density at radius 3 is 2.69 bits per heavy atom. The van der Waals surface area contributed by atoms with E-state index in [1.165, 1.54) is 0 Å². The molecule has 148 valence electrons. The molecule has 1 amide bonds. The quantitative estimate of drug-likeness (QED) is 0.599. The van der Waals surface area contributed by atoms with Gasteiger partial charge in [0.05, 0.1) is 5.92 Å². The number of amides is 1. The van der Waals surface area contributed by atoms with Crippen molar-refractivity contribution < 1.29 is 18.7 Å². The van der Waals surface area contributed by atoms with E-state index in [1.807, 2.05) is 61.5 Å². The molecule has 0 spiro atoms. The molecule has 1 fully saturated rings. The lowest BCUT2D eigenvalue weighted by Gasteiger charge is -2.19. The number of anilines is 1. The Morgan fingerprint density at radius 2 is 1.90 bits per heavy atom. The summed E-state index contributed by atoms with van der Waals surface area (Å²) in [7, 11) is 0. The first-order valence-electron chi connectivity index (χ1n) is 9.58. The van der Waals surface area contributed by atoms with E-state index < -0.39 is 11.9 Å². The summed E-state index contributed by atoms with van der Waals surface area (Å²) in [6, 6.07) is 17.1.